The van der Waals surface area contributed by atoms with Gasteiger partial charge in [0, 0.05) is 30.6 Å². The number of alkyl halides is 1. The van der Waals surface area contributed by atoms with Crippen LogP contribution < -0.4 is 0 Å². The van der Waals surface area contributed by atoms with Crippen LogP contribution in [-0.4, -0.2) is 63.8 Å². The standard InChI is InChI=1S/C25H31FO8/c1-13(27)33-12-20(31)25(32)21(34-14(2)28)10-18-17-6-5-15-9-16(29)7-8-22(15,3)24(17,26)19(30)11-23(18,25)4/h7-9,17-19,21,30,32H,5-6,10-12H2,1-4H3/t17-,18+,19-,21+,22-,23-,24-,25+/m0/s1. The number of carbonyl (C=O) groups excluding carboxylic acids is 4. The molecule has 0 unspecified atom stereocenters. The number of carbonyl (C=O) groups is 4. The molecule has 8 nitrogen and oxygen atoms in total. The van der Waals surface area contributed by atoms with Crippen LogP contribution >= 0.6 is 0 Å². The first-order valence-electron chi connectivity index (χ1n) is 11.6. The number of aliphatic hydroxyl groups excluding tert-OH is 1. The summed E-state index contributed by atoms with van der Waals surface area (Å²) in [5.41, 5.74) is -6.42. The number of fused-ring (bicyclic) bond motifs is 5. The van der Waals surface area contributed by atoms with Crippen molar-refractivity contribution >= 4 is 23.5 Å². The molecule has 0 aromatic heterocycles. The number of hydrogen-bond donors (Lipinski definition) is 2. The minimum atomic E-state index is -2.28. The van der Waals surface area contributed by atoms with Crippen molar-refractivity contribution in [2.75, 3.05) is 6.61 Å². The van der Waals surface area contributed by atoms with E-state index in [9.17, 15) is 29.4 Å². The summed E-state index contributed by atoms with van der Waals surface area (Å²) in [7, 11) is 0. The Labute approximate surface area is 197 Å². The highest BCUT2D eigenvalue weighted by molar-refractivity contribution is 6.01. The highest BCUT2D eigenvalue weighted by atomic mass is 19.1. The Morgan fingerprint density at radius 1 is 1.18 bits per heavy atom. The van der Waals surface area contributed by atoms with Gasteiger partial charge < -0.3 is 19.7 Å². The van der Waals surface area contributed by atoms with Crippen LogP contribution in [0, 0.1) is 22.7 Å². The minimum absolute atomic E-state index is 0.0131. The molecule has 0 spiro atoms. The summed E-state index contributed by atoms with van der Waals surface area (Å²) in [5, 5.41) is 23.1. The fourth-order valence-electron chi connectivity index (χ4n) is 7.31. The number of rotatable bonds is 4. The lowest BCUT2D eigenvalue weighted by Gasteiger charge is -2.62. The lowest BCUT2D eigenvalue weighted by molar-refractivity contribution is -0.224. The van der Waals surface area contributed by atoms with E-state index >= 15 is 4.39 Å². The van der Waals surface area contributed by atoms with Crippen molar-refractivity contribution in [3.63, 3.8) is 0 Å². The van der Waals surface area contributed by atoms with Crippen LogP contribution in [-0.2, 0) is 28.7 Å². The van der Waals surface area contributed by atoms with E-state index in [1.165, 1.54) is 18.2 Å². The SMILES string of the molecule is CC(=O)OCC(=O)[C@@]1(O)[C@H](OC(C)=O)C[C@@H]2[C@@H]3CCC4=CC(=O)C=C[C@]4(C)[C@@]3(F)[C@@H](O)C[C@@]21C. The van der Waals surface area contributed by atoms with Crippen molar-refractivity contribution in [3.8, 4) is 0 Å². The van der Waals surface area contributed by atoms with Gasteiger partial charge in [0.2, 0.25) is 5.78 Å². The van der Waals surface area contributed by atoms with Crippen LogP contribution in [0.25, 0.3) is 0 Å². The predicted molar refractivity (Wildman–Crippen MR) is 116 cm³/mol. The molecule has 0 aliphatic heterocycles. The second-order valence-corrected chi connectivity index (χ2v) is 10.6. The Morgan fingerprint density at radius 3 is 2.47 bits per heavy atom. The van der Waals surface area contributed by atoms with Gasteiger partial charge in [0.05, 0.1) is 6.10 Å². The summed E-state index contributed by atoms with van der Waals surface area (Å²) in [6.45, 7) is 4.80. The Balaban J connectivity index is 1.80. The van der Waals surface area contributed by atoms with Gasteiger partial charge in [-0.15, -0.1) is 0 Å². The fourth-order valence-corrected chi connectivity index (χ4v) is 7.31. The second kappa shape index (κ2) is 7.81. The molecule has 3 saturated carbocycles. The monoisotopic (exact) mass is 478 g/mol. The van der Waals surface area contributed by atoms with Crippen molar-refractivity contribution in [2.24, 2.45) is 22.7 Å². The molecule has 9 heteroatoms. The van der Waals surface area contributed by atoms with E-state index in [-0.39, 0.29) is 25.0 Å². The molecular weight excluding hydrogens is 447 g/mol. The van der Waals surface area contributed by atoms with Gasteiger partial charge in [0.15, 0.2) is 23.7 Å². The van der Waals surface area contributed by atoms with Gasteiger partial charge in [0.25, 0.3) is 0 Å². The summed E-state index contributed by atoms with van der Waals surface area (Å²) >= 11 is 0. The summed E-state index contributed by atoms with van der Waals surface area (Å²) in [6, 6.07) is 0. The zero-order chi connectivity index (χ0) is 25.3. The van der Waals surface area contributed by atoms with Crippen LogP contribution in [0.2, 0.25) is 0 Å². The largest absolute Gasteiger partial charge is 0.459 e. The first-order valence-corrected chi connectivity index (χ1v) is 11.6. The van der Waals surface area contributed by atoms with Crippen molar-refractivity contribution < 1.29 is 43.3 Å². The molecule has 0 aromatic carbocycles. The highest BCUT2D eigenvalue weighted by Gasteiger charge is 2.77. The molecule has 0 radical (unpaired) electrons. The van der Waals surface area contributed by atoms with E-state index in [0.717, 1.165) is 13.8 Å². The quantitative estimate of drug-likeness (QED) is 0.586. The maximum Gasteiger partial charge on any atom is 0.303 e. The molecule has 0 bridgehead atoms. The molecule has 4 rings (SSSR count). The number of esters is 2. The zero-order valence-corrected chi connectivity index (χ0v) is 19.8. The Bertz CT molecular complexity index is 1020. The van der Waals surface area contributed by atoms with Crippen molar-refractivity contribution in [2.45, 2.75) is 76.9 Å². The lowest BCUT2D eigenvalue weighted by atomic mass is 9.44. The first kappa shape index (κ1) is 24.7. The third kappa shape index (κ3) is 3.09. The number of ether oxygens (including phenoxy) is 2. The number of ketones is 2. The Hall–Kier alpha value is -2.39. The average molecular weight is 479 g/mol. The smallest absolute Gasteiger partial charge is 0.303 e. The third-order valence-corrected chi connectivity index (χ3v) is 8.98. The van der Waals surface area contributed by atoms with E-state index in [2.05, 4.69) is 0 Å². The van der Waals surface area contributed by atoms with E-state index in [4.69, 9.17) is 9.47 Å². The van der Waals surface area contributed by atoms with E-state index in [0.29, 0.717) is 12.0 Å². The number of allylic oxidation sites excluding steroid dienone is 4. The number of Topliss-reactive ketones (excluding diaryl/α,β-unsaturated/α-hetero) is 1. The summed E-state index contributed by atoms with van der Waals surface area (Å²) in [5.74, 6) is -3.93. The molecule has 0 heterocycles. The van der Waals surface area contributed by atoms with Crippen molar-refractivity contribution in [1.82, 2.24) is 0 Å². The third-order valence-electron chi connectivity index (χ3n) is 8.98. The second-order valence-electron chi connectivity index (χ2n) is 10.6. The molecule has 4 aliphatic carbocycles. The zero-order valence-electron chi connectivity index (χ0n) is 19.8. The summed E-state index contributed by atoms with van der Waals surface area (Å²) in [6.07, 6.45) is 1.82. The van der Waals surface area contributed by atoms with Crippen LogP contribution in [0.3, 0.4) is 0 Å². The Kier molecular flexibility index (Phi) is 5.68. The minimum Gasteiger partial charge on any atom is -0.459 e. The van der Waals surface area contributed by atoms with E-state index in [1.54, 1.807) is 13.8 Å². The molecule has 0 amide bonds. The number of halogens is 1. The predicted octanol–water partition coefficient (Wildman–Crippen LogP) is 1.76. The molecular formula is C25H31FO8. The highest BCUT2D eigenvalue weighted by Crippen LogP contribution is 2.70. The van der Waals surface area contributed by atoms with Gasteiger partial charge in [-0.25, -0.2) is 4.39 Å². The molecule has 186 valence electrons. The summed E-state index contributed by atoms with van der Waals surface area (Å²) in [4.78, 5) is 48.4. The molecule has 34 heavy (non-hydrogen) atoms. The molecule has 0 aromatic rings. The van der Waals surface area contributed by atoms with Crippen molar-refractivity contribution in [3.05, 3.63) is 23.8 Å². The van der Waals surface area contributed by atoms with Crippen LogP contribution in [0.1, 0.15) is 53.4 Å². The molecule has 4 aliphatic rings. The normalized spacial score (nSPS) is 44.9. The van der Waals surface area contributed by atoms with Gasteiger partial charge in [-0.05, 0) is 50.7 Å². The lowest BCUT2D eigenvalue weighted by Crippen LogP contribution is -2.70. The Morgan fingerprint density at radius 2 is 1.85 bits per heavy atom. The maximum absolute atomic E-state index is 17.2. The number of hydrogen-bond acceptors (Lipinski definition) is 8. The first-order chi connectivity index (χ1) is 15.7. The van der Waals surface area contributed by atoms with E-state index < -0.39 is 70.5 Å². The number of aliphatic hydroxyl groups is 2. The van der Waals surface area contributed by atoms with Gasteiger partial charge in [-0.3, -0.25) is 19.2 Å². The molecule has 8 atom stereocenters. The fraction of sp³-hybridized carbons (Fsp3) is 0.680. The van der Waals surface area contributed by atoms with Gasteiger partial charge >= 0.3 is 11.9 Å². The maximum atomic E-state index is 17.2. The van der Waals surface area contributed by atoms with Gasteiger partial charge in [0.1, 0.15) is 6.10 Å². The molecule has 0 saturated heterocycles. The average Bonchev–Trinajstić information content (AvgIpc) is 2.95. The topological polar surface area (TPSA) is 127 Å². The van der Waals surface area contributed by atoms with Crippen molar-refractivity contribution in [1.29, 1.82) is 0 Å². The molecule has 2 N–H and O–H groups in total. The molecule has 3 fully saturated rings. The van der Waals surface area contributed by atoms with E-state index in [1.807, 2.05) is 0 Å². The van der Waals surface area contributed by atoms with Crippen LogP contribution in [0.5, 0.6) is 0 Å². The van der Waals surface area contributed by atoms with Gasteiger partial charge in [-0.2, -0.15) is 0 Å². The van der Waals surface area contributed by atoms with Crippen LogP contribution in [0.4, 0.5) is 4.39 Å². The summed E-state index contributed by atoms with van der Waals surface area (Å²) < 4.78 is 27.4. The van der Waals surface area contributed by atoms with Gasteiger partial charge in [-0.1, -0.05) is 18.6 Å². The van der Waals surface area contributed by atoms with Crippen LogP contribution in [0.15, 0.2) is 23.8 Å².